The number of nitrogens with zero attached hydrogens (tertiary/aromatic N) is 1. The Balaban J connectivity index is 1.84. The van der Waals surface area contributed by atoms with Gasteiger partial charge >= 0.3 is 0 Å². The minimum atomic E-state index is -0.154. The Morgan fingerprint density at radius 3 is 2.93 bits per heavy atom. The molecule has 0 bridgehead atoms. The third-order valence-corrected chi connectivity index (χ3v) is 3.33. The number of hydrogen-bond acceptors (Lipinski definition) is 2. The second-order valence-corrected chi connectivity index (χ2v) is 4.45. The first-order valence-corrected chi connectivity index (χ1v) is 5.79. The summed E-state index contributed by atoms with van der Waals surface area (Å²) in [5.41, 5.74) is 1.27. The Labute approximate surface area is 91.1 Å². The minimum Gasteiger partial charge on any atom is -0.392 e. The molecular formula is C12H20N2O. The van der Waals surface area contributed by atoms with Gasteiger partial charge in [-0.2, -0.15) is 0 Å². The quantitative estimate of drug-likeness (QED) is 0.788. The standard InChI is InChI=1S/C12H20N2O/c1-14-8-4-5-10(14)9-13-11-6-2-3-7-12(11)15/h4-5,8,11-13,15H,2-3,6-7,9H2,1H3/t11-,12-/m0/s1. The second-order valence-electron chi connectivity index (χ2n) is 4.45. The summed E-state index contributed by atoms with van der Waals surface area (Å²) in [7, 11) is 2.05. The van der Waals surface area contributed by atoms with E-state index in [9.17, 15) is 5.11 Å². The molecule has 3 heteroatoms. The smallest absolute Gasteiger partial charge is 0.0693 e. The van der Waals surface area contributed by atoms with Gasteiger partial charge in [-0.3, -0.25) is 0 Å². The molecule has 15 heavy (non-hydrogen) atoms. The van der Waals surface area contributed by atoms with Crippen molar-refractivity contribution in [3.63, 3.8) is 0 Å². The van der Waals surface area contributed by atoms with Crippen LogP contribution in [0.5, 0.6) is 0 Å². The largest absolute Gasteiger partial charge is 0.392 e. The van der Waals surface area contributed by atoms with Crippen LogP contribution in [0.3, 0.4) is 0 Å². The number of aliphatic hydroxyl groups excluding tert-OH is 1. The van der Waals surface area contributed by atoms with Crippen LogP contribution >= 0.6 is 0 Å². The summed E-state index contributed by atoms with van der Waals surface area (Å²) in [5, 5.41) is 13.2. The molecule has 1 aromatic rings. The third-order valence-electron chi connectivity index (χ3n) is 3.33. The molecule has 1 aliphatic carbocycles. The number of rotatable bonds is 3. The zero-order chi connectivity index (χ0) is 10.7. The lowest BCUT2D eigenvalue weighted by Crippen LogP contribution is -2.41. The molecule has 1 aromatic heterocycles. The Bertz CT molecular complexity index is 308. The van der Waals surface area contributed by atoms with Crippen LogP contribution in [0.2, 0.25) is 0 Å². The summed E-state index contributed by atoms with van der Waals surface area (Å²) in [6.07, 6.45) is 6.36. The van der Waals surface area contributed by atoms with Gasteiger partial charge in [0.25, 0.3) is 0 Å². The maximum absolute atomic E-state index is 9.80. The molecule has 3 nitrogen and oxygen atoms in total. The van der Waals surface area contributed by atoms with Crippen LogP contribution in [0.1, 0.15) is 31.4 Å². The minimum absolute atomic E-state index is 0.154. The normalized spacial score (nSPS) is 26.8. The molecule has 84 valence electrons. The Morgan fingerprint density at radius 2 is 2.27 bits per heavy atom. The lowest BCUT2D eigenvalue weighted by atomic mass is 9.92. The maximum atomic E-state index is 9.80. The summed E-state index contributed by atoms with van der Waals surface area (Å²) >= 11 is 0. The fraction of sp³-hybridized carbons (Fsp3) is 0.667. The molecule has 0 saturated heterocycles. The highest BCUT2D eigenvalue weighted by Gasteiger charge is 2.22. The lowest BCUT2D eigenvalue weighted by Gasteiger charge is -2.28. The molecule has 0 aliphatic heterocycles. The Hall–Kier alpha value is -0.800. The van der Waals surface area contributed by atoms with Crippen molar-refractivity contribution in [3.8, 4) is 0 Å². The van der Waals surface area contributed by atoms with E-state index in [1.54, 1.807) is 0 Å². The van der Waals surface area contributed by atoms with Crippen molar-refractivity contribution in [3.05, 3.63) is 24.0 Å². The Kier molecular flexibility index (Phi) is 3.44. The first-order valence-electron chi connectivity index (χ1n) is 5.79. The van der Waals surface area contributed by atoms with Crippen molar-refractivity contribution in [1.82, 2.24) is 9.88 Å². The van der Waals surface area contributed by atoms with Gasteiger partial charge in [0.15, 0.2) is 0 Å². The van der Waals surface area contributed by atoms with E-state index in [1.165, 1.54) is 18.5 Å². The molecule has 1 heterocycles. The van der Waals surface area contributed by atoms with Crippen molar-refractivity contribution in [2.45, 2.75) is 44.4 Å². The summed E-state index contributed by atoms with van der Waals surface area (Å²) in [4.78, 5) is 0. The zero-order valence-electron chi connectivity index (χ0n) is 9.32. The average Bonchev–Trinajstić information content (AvgIpc) is 2.63. The number of aromatic nitrogens is 1. The highest BCUT2D eigenvalue weighted by molar-refractivity contribution is 5.06. The van der Waals surface area contributed by atoms with Gasteiger partial charge in [0.1, 0.15) is 0 Å². The number of hydrogen-bond donors (Lipinski definition) is 2. The molecule has 0 amide bonds. The fourth-order valence-electron chi connectivity index (χ4n) is 2.27. The van der Waals surface area contributed by atoms with E-state index in [0.717, 1.165) is 19.4 Å². The molecule has 0 unspecified atom stereocenters. The van der Waals surface area contributed by atoms with E-state index in [-0.39, 0.29) is 12.1 Å². The molecule has 0 radical (unpaired) electrons. The molecule has 1 aliphatic rings. The van der Waals surface area contributed by atoms with Gasteiger partial charge in [-0.25, -0.2) is 0 Å². The summed E-state index contributed by atoms with van der Waals surface area (Å²) in [5.74, 6) is 0. The maximum Gasteiger partial charge on any atom is 0.0693 e. The molecule has 1 fully saturated rings. The van der Waals surface area contributed by atoms with E-state index in [2.05, 4.69) is 16.0 Å². The van der Waals surface area contributed by atoms with Gasteiger partial charge in [-0.1, -0.05) is 12.8 Å². The van der Waals surface area contributed by atoms with Crippen molar-refractivity contribution >= 4 is 0 Å². The molecule has 1 saturated carbocycles. The second kappa shape index (κ2) is 4.81. The van der Waals surface area contributed by atoms with Crippen LogP contribution < -0.4 is 5.32 Å². The van der Waals surface area contributed by atoms with Gasteiger partial charge in [0, 0.05) is 31.5 Å². The third kappa shape index (κ3) is 2.61. The number of nitrogens with one attached hydrogen (secondary N) is 1. The van der Waals surface area contributed by atoms with Gasteiger partial charge in [-0.05, 0) is 25.0 Å². The van der Waals surface area contributed by atoms with E-state index >= 15 is 0 Å². The molecule has 2 N–H and O–H groups in total. The van der Waals surface area contributed by atoms with Crippen molar-refractivity contribution in [2.24, 2.45) is 7.05 Å². The summed E-state index contributed by atoms with van der Waals surface area (Å²) in [6.45, 7) is 0.852. The van der Waals surface area contributed by atoms with Gasteiger partial charge < -0.3 is 15.0 Å². The van der Waals surface area contributed by atoms with Crippen LogP contribution in [0.4, 0.5) is 0 Å². The Morgan fingerprint density at radius 1 is 1.47 bits per heavy atom. The zero-order valence-corrected chi connectivity index (χ0v) is 9.32. The number of aliphatic hydroxyl groups is 1. The fourth-order valence-corrected chi connectivity index (χ4v) is 2.27. The number of aryl methyl sites for hydroxylation is 1. The van der Waals surface area contributed by atoms with Crippen LogP contribution in [0, 0.1) is 0 Å². The van der Waals surface area contributed by atoms with Crippen molar-refractivity contribution in [1.29, 1.82) is 0 Å². The van der Waals surface area contributed by atoms with Crippen LogP contribution in [0.25, 0.3) is 0 Å². The summed E-state index contributed by atoms with van der Waals surface area (Å²) in [6, 6.07) is 4.45. The topological polar surface area (TPSA) is 37.2 Å². The van der Waals surface area contributed by atoms with E-state index in [4.69, 9.17) is 0 Å². The van der Waals surface area contributed by atoms with Crippen LogP contribution in [0.15, 0.2) is 18.3 Å². The molecule has 2 atom stereocenters. The van der Waals surface area contributed by atoms with Crippen molar-refractivity contribution < 1.29 is 5.11 Å². The molecule has 2 rings (SSSR count). The molecular weight excluding hydrogens is 188 g/mol. The van der Waals surface area contributed by atoms with Gasteiger partial charge in [0.05, 0.1) is 6.10 Å². The van der Waals surface area contributed by atoms with Crippen LogP contribution in [-0.2, 0) is 13.6 Å². The van der Waals surface area contributed by atoms with Gasteiger partial charge in [-0.15, -0.1) is 0 Å². The first-order chi connectivity index (χ1) is 7.27. The lowest BCUT2D eigenvalue weighted by molar-refractivity contribution is 0.0900. The SMILES string of the molecule is Cn1cccc1CN[C@H]1CCCC[C@@H]1O. The van der Waals surface area contributed by atoms with E-state index in [0.29, 0.717) is 0 Å². The van der Waals surface area contributed by atoms with E-state index in [1.807, 2.05) is 19.3 Å². The van der Waals surface area contributed by atoms with E-state index < -0.39 is 0 Å². The average molecular weight is 208 g/mol. The first kappa shape index (κ1) is 10.7. The monoisotopic (exact) mass is 208 g/mol. The molecule has 0 aromatic carbocycles. The predicted octanol–water partition coefficient (Wildman–Crippen LogP) is 1.42. The summed E-state index contributed by atoms with van der Waals surface area (Å²) < 4.78 is 2.11. The predicted molar refractivity (Wildman–Crippen MR) is 60.5 cm³/mol. The van der Waals surface area contributed by atoms with Crippen molar-refractivity contribution in [2.75, 3.05) is 0 Å². The van der Waals surface area contributed by atoms with Gasteiger partial charge in [0.2, 0.25) is 0 Å². The van der Waals surface area contributed by atoms with Crippen LogP contribution in [-0.4, -0.2) is 21.8 Å². The highest BCUT2D eigenvalue weighted by Crippen LogP contribution is 2.18. The highest BCUT2D eigenvalue weighted by atomic mass is 16.3. The molecule has 0 spiro atoms.